The number of rotatable bonds is 9. The van der Waals surface area contributed by atoms with Crippen LogP contribution in [0.4, 0.5) is 0 Å². The molecule has 0 spiro atoms. The fraction of sp³-hybridized carbons (Fsp3) is 0.692. The summed E-state index contributed by atoms with van der Waals surface area (Å²) in [6.45, 7) is 3.99. The van der Waals surface area contributed by atoms with Gasteiger partial charge in [0.15, 0.2) is 0 Å². The molecule has 0 amide bonds. The molecule has 3 aliphatic rings. The van der Waals surface area contributed by atoms with Crippen molar-refractivity contribution in [1.29, 1.82) is 0 Å². The molecule has 9 nitrogen and oxygen atoms in total. The standard InChI is InChI=1S/C26H39N3O6S.2ClH/c1-3-35-26(32)24-13-22(28(2)36(33,34)17-18-7-5-4-6-8-18)16-29(24)15-19-9-10-20-14-27-23(25(30)31)12-21(20)11-19;;/h4-8,19-24,27H,3,9-17H2,1-2H3,(H,30,31);2*1H/t19-,20-,21+,22-,23-,24-;;/m0../s1. The largest absolute Gasteiger partial charge is 0.480 e. The number of aliphatic carboxylic acids is 1. The molecule has 2 saturated heterocycles. The van der Waals surface area contributed by atoms with Crippen LogP contribution in [0.15, 0.2) is 30.3 Å². The number of carbonyl (C=O) groups excluding carboxylic acids is 1. The number of piperidine rings is 1. The summed E-state index contributed by atoms with van der Waals surface area (Å²) in [4.78, 5) is 26.4. The van der Waals surface area contributed by atoms with E-state index in [1.165, 1.54) is 4.31 Å². The SMILES string of the molecule is CCOC(=O)[C@@H]1C[C@H](N(C)S(=O)(=O)Cc2ccccc2)CN1C[C@H]1CC[C@H]2CN[C@H](C(=O)O)C[C@H]2C1.Cl.Cl. The van der Waals surface area contributed by atoms with Gasteiger partial charge in [0, 0.05) is 26.2 Å². The lowest BCUT2D eigenvalue weighted by Crippen LogP contribution is -2.50. The Morgan fingerprint density at radius 2 is 1.82 bits per heavy atom. The lowest BCUT2D eigenvalue weighted by Gasteiger charge is -2.42. The second-order valence-electron chi connectivity index (χ2n) is 10.6. The van der Waals surface area contributed by atoms with Gasteiger partial charge >= 0.3 is 11.9 Å². The summed E-state index contributed by atoms with van der Waals surface area (Å²) in [6.07, 6.45) is 4.06. The van der Waals surface area contributed by atoms with E-state index in [-0.39, 0.29) is 49.2 Å². The Balaban J connectivity index is 0.00000253. The highest BCUT2D eigenvalue weighted by Gasteiger charge is 2.44. The molecule has 1 saturated carbocycles. The zero-order valence-corrected chi connectivity index (χ0v) is 24.5. The monoisotopic (exact) mass is 593 g/mol. The number of sulfonamides is 1. The fourth-order valence-corrected chi connectivity index (χ4v) is 7.71. The van der Waals surface area contributed by atoms with Crippen LogP contribution in [-0.4, -0.2) is 86.1 Å². The van der Waals surface area contributed by atoms with Gasteiger partial charge in [-0.05, 0) is 68.9 Å². The van der Waals surface area contributed by atoms with Crippen molar-refractivity contribution in [3.63, 3.8) is 0 Å². The minimum absolute atomic E-state index is 0. The van der Waals surface area contributed by atoms with Gasteiger partial charge in [-0.2, -0.15) is 0 Å². The van der Waals surface area contributed by atoms with Gasteiger partial charge in [0.05, 0.1) is 12.4 Å². The molecule has 0 unspecified atom stereocenters. The average Bonchev–Trinajstić information content (AvgIpc) is 3.27. The maximum Gasteiger partial charge on any atom is 0.323 e. The van der Waals surface area contributed by atoms with Crippen LogP contribution < -0.4 is 5.32 Å². The highest BCUT2D eigenvalue weighted by Crippen LogP contribution is 2.40. The van der Waals surface area contributed by atoms with Crippen molar-refractivity contribution in [1.82, 2.24) is 14.5 Å². The minimum atomic E-state index is -3.55. The van der Waals surface area contributed by atoms with E-state index in [0.717, 1.165) is 31.4 Å². The average molecular weight is 595 g/mol. The topological polar surface area (TPSA) is 116 Å². The third kappa shape index (κ3) is 7.82. The Morgan fingerprint density at radius 1 is 1.11 bits per heavy atom. The maximum absolute atomic E-state index is 13.2. The van der Waals surface area contributed by atoms with Crippen molar-refractivity contribution < 1.29 is 27.9 Å². The fourth-order valence-electron chi connectivity index (χ4n) is 6.29. The van der Waals surface area contributed by atoms with Crippen molar-refractivity contribution in [2.24, 2.45) is 17.8 Å². The molecule has 2 aliphatic heterocycles. The van der Waals surface area contributed by atoms with Gasteiger partial charge in [-0.25, -0.2) is 12.7 Å². The van der Waals surface area contributed by atoms with Crippen molar-refractivity contribution in [3.05, 3.63) is 35.9 Å². The molecule has 0 aromatic heterocycles. The molecule has 12 heteroatoms. The van der Waals surface area contributed by atoms with Gasteiger partial charge in [0.25, 0.3) is 0 Å². The Kier molecular flexibility index (Phi) is 12.3. The number of fused-ring (bicyclic) bond motifs is 1. The van der Waals surface area contributed by atoms with Crippen molar-refractivity contribution in [3.8, 4) is 0 Å². The number of nitrogens with zero attached hydrogens (tertiary/aromatic N) is 2. The first-order chi connectivity index (χ1) is 17.2. The smallest absolute Gasteiger partial charge is 0.323 e. The van der Waals surface area contributed by atoms with Crippen molar-refractivity contribution >= 4 is 46.8 Å². The zero-order valence-electron chi connectivity index (χ0n) is 22.0. The number of hydrogen-bond acceptors (Lipinski definition) is 7. The minimum Gasteiger partial charge on any atom is -0.480 e. The van der Waals surface area contributed by atoms with Gasteiger partial charge in [-0.1, -0.05) is 30.3 Å². The molecule has 1 aromatic carbocycles. The van der Waals surface area contributed by atoms with E-state index in [2.05, 4.69) is 10.2 Å². The van der Waals surface area contributed by atoms with Gasteiger partial charge in [-0.3, -0.25) is 14.5 Å². The van der Waals surface area contributed by atoms with Crippen LogP contribution in [0.25, 0.3) is 0 Å². The van der Waals surface area contributed by atoms with Crippen LogP contribution >= 0.6 is 24.8 Å². The summed E-state index contributed by atoms with van der Waals surface area (Å²) >= 11 is 0. The summed E-state index contributed by atoms with van der Waals surface area (Å²) < 4.78 is 33.1. The number of likely N-dealkylation sites (tertiary alicyclic amines) is 1. The normalized spacial score (nSPS) is 29.6. The van der Waals surface area contributed by atoms with Crippen molar-refractivity contribution in [2.45, 2.75) is 62.9 Å². The Labute approximate surface area is 238 Å². The molecule has 216 valence electrons. The Bertz CT molecular complexity index is 1030. The molecule has 6 atom stereocenters. The molecule has 0 bridgehead atoms. The Morgan fingerprint density at radius 3 is 2.47 bits per heavy atom. The number of carboxylic acids is 1. The predicted molar refractivity (Wildman–Crippen MR) is 150 cm³/mol. The number of carbonyl (C=O) groups is 2. The molecule has 0 radical (unpaired) electrons. The van der Waals surface area contributed by atoms with Crippen LogP contribution in [-0.2, 0) is 30.1 Å². The second-order valence-corrected chi connectivity index (χ2v) is 12.6. The third-order valence-electron chi connectivity index (χ3n) is 8.29. The summed E-state index contributed by atoms with van der Waals surface area (Å²) in [7, 11) is -1.94. The molecule has 1 aliphatic carbocycles. The highest BCUT2D eigenvalue weighted by atomic mass is 35.5. The quantitative estimate of drug-likeness (QED) is 0.420. The summed E-state index contributed by atoms with van der Waals surface area (Å²) in [5, 5.41) is 12.6. The lowest BCUT2D eigenvalue weighted by atomic mass is 9.69. The number of hydrogen-bond donors (Lipinski definition) is 2. The molecule has 2 N–H and O–H groups in total. The second kappa shape index (κ2) is 14.3. The van der Waals surface area contributed by atoms with Crippen LogP contribution in [0.1, 0.15) is 44.6 Å². The van der Waals surface area contributed by atoms with Gasteiger partial charge < -0.3 is 15.2 Å². The summed E-state index contributed by atoms with van der Waals surface area (Å²) in [5.74, 6) is 0.0453. The van der Waals surface area contributed by atoms with Crippen LogP contribution in [0.2, 0.25) is 0 Å². The van der Waals surface area contributed by atoms with Crippen molar-refractivity contribution in [2.75, 3.05) is 33.3 Å². The zero-order chi connectivity index (χ0) is 25.9. The molecule has 38 heavy (non-hydrogen) atoms. The third-order valence-corrected chi connectivity index (χ3v) is 10.2. The molecule has 3 fully saturated rings. The molecular weight excluding hydrogens is 553 g/mol. The van der Waals surface area contributed by atoms with E-state index < -0.39 is 28.1 Å². The van der Waals surface area contributed by atoms with E-state index in [0.29, 0.717) is 43.7 Å². The number of likely N-dealkylation sites (N-methyl/N-ethyl adjacent to an activating group) is 1. The van der Waals surface area contributed by atoms with Gasteiger partial charge in [-0.15, -0.1) is 24.8 Å². The van der Waals surface area contributed by atoms with Crippen LogP contribution in [0, 0.1) is 17.8 Å². The van der Waals surface area contributed by atoms with E-state index >= 15 is 0 Å². The number of benzene rings is 1. The van der Waals surface area contributed by atoms with Gasteiger partial charge in [0.2, 0.25) is 10.0 Å². The number of carboxylic acid groups (broad SMARTS) is 1. The van der Waals surface area contributed by atoms with E-state index in [4.69, 9.17) is 4.74 Å². The Hall–Kier alpha value is -1.43. The molecule has 1 aromatic rings. The van der Waals surface area contributed by atoms with Crippen LogP contribution in [0.3, 0.4) is 0 Å². The van der Waals surface area contributed by atoms with Crippen LogP contribution in [0.5, 0.6) is 0 Å². The maximum atomic E-state index is 13.2. The first-order valence-electron chi connectivity index (χ1n) is 13.0. The number of ether oxygens (including phenoxy) is 1. The predicted octanol–water partition coefficient (Wildman–Crippen LogP) is 2.78. The van der Waals surface area contributed by atoms with E-state index in [9.17, 15) is 23.1 Å². The molecular formula is C26H41Cl2N3O6S. The van der Waals surface area contributed by atoms with E-state index in [1.54, 1.807) is 26.1 Å². The first kappa shape index (κ1) is 32.8. The summed E-state index contributed by atoms with van der Waals surface area (Å²) in [6, 6.07) is 7.86. The highest BCUT2D eigenvalue weighted by molar-refractivity contribution is 7.88. The van der Waals surface area contributed by atoms with Gasteiger partial charge in [0.1, 0.15) is 12.1 Å². The number of nitrogens with one attached hydrogen (secondary N) is 1. The molecule has 4 rings (SSSR count). The lowest BCUT2D eigenvalue weighted by molar-refractivity contribution is -0.149. The first-order valence-corrected chi connectivity index (χ1v) is 14.6. The van der Waals surface area contributed by atoms with E-state index in [1.807, 2.05) is 18.2 Å². The number of esters is 1. The number of halogens is 2. The summed E-state index contributed by atoms with van der Waals surface area (Å²) in [5.41, 5.74) is 0.736. The molecule has 2 heterocycles.